The van der Waals surface area contributed by atoms with Gasteiger partial charge < -0.3 is 9.47 Å². The van der Waals surface area contributed by atoms with E-state index in [0.717, 1.165) is 11.6 Å². The van der Waals surface area contributed by atoms with Gasteiger partial charge in [0.15, 0.2) is 5.41 Å². The molecule has 0 saturated carbocycles. The first-order chi connectivity index (χ1) is 15.7. The van der Waals surface area contributed by atoms with Crippen LogP contribution >= 0.6 is 11.6 Å². The number of rotatable bonds is 4. The molecule has 2 aliphatic rings. The molecule has 1 N–H and O–H groups in total. The van der Waals surface area contributed by atoms with Crippen LogP contribution in [0.5, 0.6) is 0 Å². The third kappa shape index (κ3) is 2.89. The average molecular weight is 462 g/mol. The lowest BCUT2D eigenvalue weighted by atomic mass is 9.52. The van der Waals surface area contributed by atoms with Crippen molar-refractivity contribution in [1.82, 2.24) is 0 Å². The van der Waals surface area contributed by atoms with Gasteiger partial charge in [0.2, 0.25) is 17.1 Å². The molecule has 2 aromatic rings. The van der Waals surface area contributed by atoms with Crippen LogP contribution in [0.1, 0.15) is 24.2 Å². The van der Waals surface area contributed by atoms with Crippen LogP contribution in [0.15, 0.2) is 48.5 Å². The molecule has 4 atom stereocenters. The number of halogens is 1. The SMILES string of the molecule is CC12OC(=N)C(C#N)(C1Cc1ccccc1)C(C#N)(C#N)C(c1cc([N+](=O)[O-])ccc1Cl)O2. The first-order valence-electron chi connectivity index (χ1n) is 9.86. The van der Waals surface area contributed by atoms with Crippen LogP contribution in [-0.4, -0.2) is 16.6 Å². The van der Waals surface area contributed by atoms with Crippen LogP contribution in [-0.2, 0) is 15.9 Å². The van der Waals surface area contributed by atoms with Gasteiger partial charge in [-0.15, -0.1) is 0 Å². The predicted octanol–water partition coefficient (Wildman–Crippen LogP) is 4.45. The van der Waals surface area contributed by atoms with Gasteiger partial charge >= 0.3 is 0 Å². The monoisotopic (exact) mass is 461 g/mol. The molecule has 2 bridgehead atoms. The fourth-order valence-corrected chi connectivity index (χ4v) is 5.08. The third-order valence-corrected chi connectivity index (χ3v) is 6.81. The maximum Gasteiger partial charge on any atom is 0.269 e. The number of hydrogen-bond acceptors (Lipinski definition) is 8. The second kappa shape index (κ2) is 7.56. The molecule has 2 saturated heterocycles. The van der Waals surface area contributed by atoms with Crippen molar-refractivity contribution in [3.63, 3.8) is 0 Å². The zero-order valence-electron chi connectivity index (χ0n) is 17.3. The Balaban J connectivity index is 1.98. The Hall–Kier alpha value is -3.97. The molecule has 2 heterocycles. The number of nitro groups is 1. The number of non-ortho nitro benzene ring substituents is 1. The molecule has 2 aliphatic heterocycles. The number of hydrogen-bond donors (Lipinski definition) is 1. The minimum atomic E-state index is -2.27. The van der Waals surface area contributed by atoms with Crippen LogP contribution in [0, 0.1) is 66.3 Å². The summed E-state index contributed by atoms with van der Waals surface area (Å²) in [6.45, 7) is 1.53. The number of ether oxygens (including phenoxy) is 2. The van der Waals surface area contributed by atoms with Gasteiger partial charge in [0.05, 0.1) is 29.0 Å². The summed E-state index contributed by atoms with van der Waals surface area (Å²) in [6, 6.07) is 18.5. The molecule has 4 unspecified atom stereocenters. The zero-order chi connectivity index (χ0) is 24.0. The number of nitro benzene ring substituents is 1. The Labute approximate surface area is 194 Å². The summed E-state index contributed by atoms with van der Waals surface area (Å²) in [5.74, 6) is -3.02. The Morgan fingerprint density at radius 1 is 1.15 bits per heavy atom. The van der Waals surface area contributed by atoms with Crippen molar-refractivity contribution in [2.45, 2.75) is 25.2 Å². The van der Waals surface area contributed by atoms with Gasteiger partial charge in [0.25, 0.3) is 5.69 Å². The molecule has 0 radical (unpaired) electrons. The van der Waals surface area contributed by atoms with Gasteiger partial charge in [-0.25, -0.2) is 0 Å². The summed E-state index contributed by atoms with van der Waals surface area (Å²) in [7, 11) is 0. The summed E-state index contributed by atoms with van der Waals surface area (Å²) in [5.41, 5.74) is -3.82. The second-order valence-corrected chi connectivity index (χ2v) is 8.51. The Kier molecular flexibility index (Phi) is 5.10. The number of benzene rings is 2. The van der Waals surface area contributed by atoms with Gasteiger partial charge in [-0.3, -0.25) is 15.5 Å². The Morgan fingerprint density at radius 2 is 1.82 bits per heavy atom. The van der Waals surface area contributed by atoms with Crippen LogP contribution in [0.2, 0.25) is 5.02 Å². The highest BCUT2D eigenvalue weighted by Gasteiger charge is 2.79. The van der Waals surface area contributed by atoms with Gasteiger partial charge in [0, 0.05) is 29.6 Å². The number of nitrogens with one attached hydrogen (secondary N) is 1. The molecule has 0 aromatic heterocycles. The Bertz CT molecular complexity index is 1280. The van der Waals surface area contributed by atoms with E-state index < -0.39 is 39.5 Å². The first-order valence-corrected chi connectivity index (χ1v) is 10.2. The van der Waals surface area contributed by atoms with Crippen LogP contribution in [0.3, 0.4) is 0 Å². The van der Waals surface area contributed by atoms with Crippen LogP contribution in [0.25, 0.3) is 0 Å². The third-order valence-electron chi connectivity index (χ3n) is 6.47. The minimum absolute atomic E-state index is 0.00345. The summed E-state index contributed by atoms with van der Waals surface area (Å²) < 4.78 is 11.9. The van der Waals surface area contributed by atoms with E-state index in [-0.39, 0.29) is 22.7 Å². The van der Waals surface area contributed by atoms with Gasteiger partial charge in [-0.2, -0.15) is 15.8 Å². The summed E-state index contributed by atoms with van der Waals surface area (Å²) in [6.07, 6.45) is -1.30. The van der Waals surface area contributed by atoms with Crippen molar-refractivity contribution in [2.24, 2.45) is 16.7 Å². The molecular formula is C23H16ClN5O4. The van der Waals surface area contributed by atoms with E-state index in [0.29, 0.717) is 0 Å². The highest BCUT2D eigenvalue weighted by atomic mass is 35.5. The molecule has 2 aromatic carbocycles. The number of nitriles is 3. The molecule has 10 heteroatoms. The summed E-state index contributed by atoms with van der Waals surface area (Å²) >= 11 is 6.33. The van der Waals surface area contributed by atoms with Gasteiger partial charge in [-0.05, 0) is 18.1 Å². The molecule has 0 spiro atoms. The standard InChI is InChI=1S/C23H16ClN5O4/c1-21-18(9-14-5-3-2-4-6-14)23(13-27,20(28)33-21)22(11-25,12-26)19(32-21)16-10-15(29(30)31)7-8-17(16)24/h2-8,10,18-19,28H,9H2,1H3. The largest absolute Gasteiger partial charge is 0.448 e. The van der Waals surface area contributed by atoms with Crippen molar-refractivity contribution in [1.29, 1.82) is 21.2 Å². The normalized spacial score (nSPS) is 29.2. The maximum atomic E-state index is 11.4. The van der Waals surface area contributed by atoms with Crippen LogP contribution in [0.4, 0.5) is 5.69 Å². The summed E-state index contributed by atoms with van der Waals surface area (Å²) in [4.78, 5) is 10.7. The smallest absolute Gasteiger partial charge is 0.269 e. The van der Waals surface area contributed by atoms with E-state index in [1.54, 1.807) is 0 Å². The molecule has 2 fully saturated rings. The van der Waals surface area contributed by atoms with E-state index >= 15 is 0 Å². The van der Waals surface area contributed by atoms with E-state index in [4.69, 9.17) is 26.5 Å². The molecule has 9 nitrogen and oxygen atoms in total. The van der Waals surface area contributed by atoms with Crippen molar-refractivity contribution in [2.75, 3.05) is 0 Å². The highest BCUT2D eigenvalue weighted by molar-refractivity contribution is 6.31. The fourth-order valence-electron chi connectivity index (χ4n) is 4.86. The lowest BCUT2D eigenvalue weighted by Gasteiger charge is -2.48. The van der Waals surface area contributed by atoms with E-state index in [2.05, 4.69) is 6.07 Å². The lowest BCUT2D eigenvalue weighted by molar-refractivity contribution is -0.385. The number of fused-ring (bicyclic) bond motifs is 2. The van der Waals surface area contributed by atoms with Crippen molar-refractivity contribution >= 4 is 23.2 Å². The van der Waals surface area contributed by atoms with Crippen molar-refractivity contribution in [3.8, 4) is 18.2 Å². The van der Waals surface area contributed by atoms with E-state index in [1.165, 1.54) is 19.1 Å². The number of nitrogens with zero attached hydrogens (tertiary/aromatic N) is 4. The molecule has 164 valence electrons. The highest BCUT2D eigenvalue weighted by Crippen LogP contribution is 2.67. The van der Waals surface area contributed by atoms with E-state index in [1.807, 2.05) is 42.5 Å². The first kappa shape index (κ1) is 22.2. The molecule has 4 rings (SSSR count). The zero-order valence-corrected chi connectivity index (χ0v) is 18.0. The van der Waals surface area contributed by atoms with Gasteiger partial charge in [0.1, 0.15) is 6.10 Å². The van der Waals surface area contributed by atoms with Gasteiger partial charge in [-0.1, -0.05) is 41.9 Å². The molecular weight excluding hydrogens is 446 g/mol. The average Bonchev–Trinajstić information content (AvgIpc) is 2.96. The van der Waals surface area contributed by atoms with E-state index in [9.17, 15) is 25.9 Å². The summed E-state index contributed by atoms with van der Waals surface area (Å²) in [5, 5.41) is 51.0. The van der Waals surface area contributed by atoms with Crippen molar-refractivity contribution < 1.29 is 14.4 Å². The molecule has 33 heavy (non-hydrogen) atoms. The van der Waals surface area contributed by atoms with Crippen molar-refractivity contribution in [3.05, 3.63) is 74.8 Å². The second-order valence-electron chi connectivity index (χ2n) is 8.10. The fraction of sp³-hybridized carbons (Fsp3) is 0.304. The minimum Gasteiger partial charge on any atom is -0.448 e. The topological polar surface area (TPSA) is 157 Å². The lowest BCUT2D eigenvalue weighted by Crippen LogP contribution is -2.59. The molecule has 0 amide bonds. The molecule has 0 aliphatic carbocycles. The Morgan fingerprint density at radius 3 is 2.39 bits per heavy atom. The van der Waals surface area contributed by atoms with Crippen LogP contribution < -0.4 is 0 Å². The quantitative estimate of drug-likeness (QED) is 0.520. The predicted molar refractivity (Wildman–Crippen MR) is 114 cm³/mol. The maximum absolute atomic E-state index is 11.4.